The summed E-state index contributed by atoms with van der Waals surface area (Å²) in [4.78, 5) is 18.1. The normalized spacial score (nSPS) is 16.1. The molecule has 1 amide bonds. The third-order valence-electron chi connectivity index (χ3n) is 4.07. The lowest BCUT2D eigenvalue weighted by Gasteiger charge is -2.31. The Morgan fingerprint density at radius 3 is 2.62 bits per heavy atom. The largest absolute Gasteiger partial charge is 0.438 e. The molecular weight excluding hydrogens is 264 g/mol. The van der Waals surface area contributed by atoms with E-state index in [9.17, 15) is 4.79 Å². The average Bonchev–Trinajstić information content (AvgIpc) is 2.95. The molecule has 0 atom stereocenters. The number of benzene rings is 1. The van der Waals surface area contributed by atoms with Gasteiger partial charge in [0.1, 0.15) is 5.76 Å². The Balaban J connectivity index is 1.54. The summed E-state index contributed by atoms with van der Waals surface area (Å²) < 4.78 is 5.32. The molecule has 4 heteroatoms. The van der Waals surface area contributed by atoms with E-state index in [1.54, 1.807) is 13.1 Å². The van der Waals surface area contributed by atoms with E-state index < -0.39 is 0 Å². The fourth-order valence-electron chi connectivity index (χ4n) is 2.88. The molecule has 110 valence electrons. The number of carbonyl (C=O) groups excluding carboxylic acids is 1. The second-order valence-electron chi connectivity index (χ2n) is 5.70. The van der Waals surface area contributed by atoms with Crippen molar-refractivity contribution >= 4 is 5.91 Å². The van der Waals surface area contributed by atoms with Crippen LogP contribution in [-0.2, 0) is 6.42 Å². The summed E-state index contributed by atoms with van der Waals surface area (Å²) in [5, 5.41) is 0. The molecule has 1 aliphatic rings. The molecule has 1 fully saturated rings. The molecule has 3 rings (SSSR count). The van der Waals surface area contributed by atoms with Gasteiger partial charge in [0.25, 0.3) is 5.89 Å². The summed E-state index contributed by atoms with van der Waals surface area (Å²) in [6, 6.07) is 10.6. The van der Waals surface area contributed by atoms with Gasteiger partial charge < -0.3 is 9.32 Å². The zero-order valence-corrected chi connectivity index (χ0v) is 12.3. The Morgan fingerprint density at radius 2 is 2.00 bits per heavy atom. The monoisotopic (exact) mass is 284 g/mol. The van der Waals surface area contributed by atoms with Crippen molar-refractivity contribution < 1.29 is 9.21 Å². The summed E-state index contributed by atoms with van der Waals surface area (Å²) >= 11 is 0. The molecule has 21 heavy (non-hydrogen) atoms. The highest BCUT2D eigenvalue weighted by Gasteiger charge is 2.26. The van der Waals surface area contributed by atoms with E-state index in [0.29, 0.717) is 11.7 Å². The SMILES string of the molecule is Cc1cnc(C(=O)N2CCC(Cc3ccccc3)CC2)o1. The van der Waals surface area contributed by atoms with E-state index in [-0.39, 0.29) is 11.8 Å². The highest BCUT2D eigenvalue weighted by molar-refractivity contribution is 5.89. The van der Waals surface area contributed by atoms with Crippen LogP contribution in [-0.4, -0.2) is 28.9 Å². The average molecular weight is 284 g/mol. The first-order valence-corrected chi connectivity index (χ1v) is 7.48. The number of piperidine rings is 1. The summed E-state index contributed by atoms with van der Waals surface area (Å²) in [5.74, 6) is 1.47. The van der Waals surface area contributed by atoms with Crippen LogP contribution >= 0.6 is 0 Å². The van der Waals surface area contributed by atoms with Crippen molar-refractivity contribution in [2.24, 2.45) is 5.92 Å². The smallest absolute Gasteiger partial charge is 0.309 e. The minimum absolute atomic E-state index is 0.0822. The molecule has 0 spiro atoms. The van der Waals surface area contributed by atoms with Gasteiger partial charge in [0, 0.05) is 13.1 Å². The lowest BCUT2D eigenvalue weighted by atomic mass is 9.90. The van der Waals surface area contributed by atoms with Crippen molar-refractivity contribution in [3.05, 3.63) is 53.7 Å². The number of oxazole rings is 1. The second kappa shape index (κ2) is 6.12. The Labute approximate surface area is 124 Å². The number of hydrogen-bond donors (Lipinski definition) is 0. The van der Waals surface area contributed by atoms with E-state index in [1.165, 1.54) is 5.56 Å². The van der Waals surface area contributed by atoms with Crippen molar-refractivity contribution in [2.45, 2.75) is 26.2 Å². The highest BCUT2D eigenvalue weighted by Crippen LogP contribution is 2.22. The van der Waals surface area contributed by atoms with Gasteiger partial charge in [0.05, 0.1) is 6.20 Å². The van der Waals surface area contributed by atoms with Gasteiger partial charge in [-0.2, -0.15) is 0 Å². The van der Waals surface area contributed by atoms with Crippen molar-refractivity contribution in [1.29, 1.82) is 0 Å². The molecule has 1 saturated heterocycles. The minimum atomic E-state index is -0.0822. The molecule has 1 aromatic heterocycles. The van der Waals surface area contributed by atoms with Gasteiger partial charge in [0.15, 0.2) is 0 Å². The van der Waals surface area contributed by atoms with Crippen LogP contribution in [0.2, 0.25) is 0 Å². The van der Waals surface area contributed by atoms with Crippen LogP contribution < -0.4 is 0 Å². The maximum Gasteiger partial charge on any atom is 0.309 e. The van der Waals surface area contributed by atoms with Gasteiger partial charge in [-0.05, 0) is 37.7 Å². The topological polar surface area (TPSA) is 46.3 Å². The number of carbonyl (C=O) groups is 1. The molecule has 0 saturated carbocycles. The molecule has 4 nitrogen and oxygen atoms in total. The summed E-state index contributed by atoms with van der Waals surface area (Å²) in [7, 11) is 0. The molecule has 0 radical (unpaired) electrons. The van der Waals surface area contributed by atoms with E-state index in [0.717, 1.165) is 32.4 Å². The first kappa shape index (κ1) is 13.9. The minimum Gasteiger partial charge on any atom is -0.438 e. The Morgan fingerprint density at radius 1 is 1.29 bits per heavy atom. The molecule has 0 N–H and O–H groups in total. The molecule has 0 aliphatic carbocycles. The number of aryl methyl sites for hydroxylation is 1. The zero-order chi connectivity index (χ0) is 14.7. The van der Waals surface area contributed by atoms with Crippen molar-refractivity contribution in [3.63, 3.8) is 0 Å². The number of likely N-dealkylation sites (tertiary alicyclic amines) is 1. The van der Waals surface area contributed by atoms with Crippen LogP contribution in [0.1, 0.15) is 34.9 Å². The van der Waals surface area contributed by atoms with Crippen LogP contribution in [0.3, 0.4) is 0 Å². The molecule has 1 aromatic carbocycles. The highest BCUT2D eigenvalue weighted by atomic mass is 16.4. The number of rotatable bonds is 3. The van der Waals surface area contributed by atoms with E-state index in [1.807, 2.05) is 11.0 Å². The fraction of sp³-hybridized carbons (Fsp3) is 0.412. The zero-order valence-electron chi connectivity index (χ0n) is 12.3. The van der Waals surface area contributed by atoms with Crippen molar-refractivity contribution in [3.8, 4) is 0 Å². The Bertz CT molecular complexity index is 598. The molecule has 0 bridgehead atoms. The molecular formula is C17H20N2O2. The van der Waals surface area contributed by atoms with Gasteiger partial charge in [-0.25, -0.2) is 4.98 Å². The van der Waals surface area contributed by atoms with Crippen LogP contribution in [0.15, 0.2) is 40.9 Å². The second-order valence-corrected chi connectivity index (χ2v) is 5.70. The third kappa shape index (κ3) is 3.32. The molecule has 2 heterocycles. The van der Waals surface area contributed by atoms with Crippen LogP contribution in [0.25, 0.3) is 0 Å². The summed E-state index contributed by atoms with van der Waals surface area (Å²) in [5.41, 5.74) is 1.38. The lowest BCUT2D eigenvalue weighted by Crippen LogP contribution is -2.39. The molecule has 0 unspecified atom stereocenters. The maximum atomic E-state index is 12.2. The Kier molecular flexibility index (Phi) is 4.04. The van der Waals surface area contributed by atoms with Crippen molar-refractivity contribution in [2.75, 3.05) is 13.1 Å². The molecule has 2 aromatic rings. The number of aromatic nitrogens is 1. The standard InChI is InChI=1S/C17H20N2O2/c1-13-12-18-16(21-13)17(20)19-9-7-15(8-10-19)11-14-5-3-2-4-6-14/h2-6,12,15H,7-11H2,1H3. The number of nitrogens with zero attached hydrogens (tertiary/aromatic N) is 2. The predicted octanol–water partition coefficient (Wildman–Crippen LogP) is 3.08. The van der Waals surface area contributed by atoms with Gasteiger partial charge in [0.2, 0.25) is 0 Å². The van der Waals surface area contributed by atoms with Crippen LogP contribution in [0, 0.1) is 12.8 Å². The summed E-state index contributed by atoms with van der Waals surface area (Å²) in [6.45, 7) is 3.38. The lowest BCUT2D eigenvalue weighted by molar-refractivity contribution is 0.0649. The Hall–Kier alpha value is -2.10. The predicted molar refractivity (Wildman–Crippen MR) is 80.0 cm³/mol. The quantitative estimate of drug-likeness (QED) is 0.870. The van der Waals surface area contributed by atoms with Gasteiger partial charge in [-0.3, -0.25) is 4.79 Å². The first-order chi connectivity index (χ1) is 10.2. The summed E-state index contributed by atoms with van der Waals surface area (Å²) in [6.07, 6.45) is 4.77. The first-order valence-electron chi connectivity index (χ1n) is 7.48. The molecule has 1 aliphatic heterocycles. The van der Waals surface area contributed by atoms with Gasteiger partial charge >= 0.3 is 5.91 Å². The van der Waals surface area contributed by atoms with Gasteiger partial charge in [-0.1, -0.05) is 30.3 Å². The maximum absolute atomic E-state index is 12.2. The van der Waals surface area contributed by atoms with Gasteiger partial charge in [-0.15, -0.1) is 0 Å². The van der Waals surface area contributed by atoms with E-state index in [4.69, 9.17) is 4.42 Å². The van der Waals surface area contributed by atoms with E-state index >= 15 is 0 Å². The van der Waals surface area contributed by atoms with E-state index in [2.05, 4.69) is 29.2 Å². The van der Waals surface area contributed by atoms with Crippen molar-refractivity contribution in [1.82, 2.24) is 9.88 Å². The van der Waals surface area contributed by atoms with Crippen LogP contribution in [0.4, 0.5) is 0 Å². The number of amides is 1. The van der Waals surface area contributed by atoms with Crippen LogP contribution in [0.5, 0.6) is 0 Å². The third-order valence-corrected chi connectivity index (χ3v) is 4.07. The fourth-order valence-corrected chi connectivity index (χ4v) is 2.88. The number of hydrogen-bond acceptors (Lipinski definition) is 3.